The second kappa shape index (κ2) is 5.68. The van der Waals surface area contributed by atoms with Gasteiger partial charge >= 0.3 is 0 Å². The summed E-state index contributed by atoms with van der Waals surface area (Å²) < 4.78 is 1.11. The Labute approximate surface area is 117 Å². The van der Waals surface area contributed by atoms with Gasteiger partial charge in [-0.3, -0.25) is 0 Å². The maximum Gasteiger partial charge on any atom is 0.0574 e. The Morgan fingerprint density at radius 3 is 2.28 bits per heavy atom. The smallest absolute Gasteiger partial charge is 0.0574 e. The Balaban J connectivity index is 2.42. The summed E-state index contributed by atoms with van der Waals surface area (Å²) >= 11 is 3.53. The first kappa shape index (κ1) is 13.3. The van der Waals surface area contributed by atoms with Gasteiger partial charge < -0.3 is 5.32 Å². The van der Waals surface area contributed by atoms with E-state index in [9.17, 15) is 0 Å². The fraction of sp³-hybridized carbons (Fsp3) is 0.250. The fourth-order valence-electron chi connectivity index (χ4n) is 2.16. The molecular weight excluding hydrogens is 286 g/mol. The van der Waals surface area contributed by atoms with Crippen LogP contribution in [0, 0.1) is 13.8 Å². The third-order valence-corrected chi connectivity index (χ3v) is 3.83. The summed E-state index contributed by atoms with van der Waals surface area (Å²) in [5, 5.41) is 3.39. The zero-order chi connectivity index (χ0) is 13.1. The third kappa shape index (κ3) is 2.82. The van der Waals surface area contributed by atoms with Crippen LogP contribution < -0.4 is 5.32 Å². The molecule has 0 bridgehead atoms. The molecule has 0 fully saturated rings. The third-order valence-electron chi connectivity index (χ3n) is 3.33. The van der Waals surface area contributed by atoms with Gasteiger partial charge in [0.25, 0.3) is 0 Å². The van der Waals surface area contributed by atoms with Crippen molar-refractivity contribution in [2.75, 3.05) is 7.05 Å². The highest BCUT2D eigenvalue weighted by molar-refractivity contribution is 9.10. The lowest BCUT2D eigenvalue weighted by atomic mass is 9.96. The number of halogens is 1. The lowest BCUT2D eigenvalue weighted by molar-refractivity contribution is 0.690. The molecule has 0 aliphatic carbocycles. The van der Waals surface area contributed by atoms with Crippen molar-refractivity contribution in [1.82, 2.24) is 5.32 Å². The van der Waals surface area contributed by atoms with Crippen LogP contribution in [0.15, 0.2) is 46.9 Å². The van der Waals surface area contributed by atoms with Crippen molar-refractivity contribution < 1.29 is 0 Å². The largest absolute Gasteiger partial charge is 0.309 e. The summed E-state index contributed by atoms with van der Waals surface area (Å²) in [5.74, 6) is 0. The van der Waals surface area contributed by atoms with Crippen LogP contribution in [0.2, 0.25) is 0 Å². The maximum atomic E-state index is 3.53. The van der Waals surface area contributed by atoms with Crippen LogP contribution in [0.25, 0.3) is 0 Å². The number of benzene rings is 2. The van der Waals surface area contributed by atoms with Crippen LogP contribution in [0.4, 0.5) is 0 Å². The molecule has 0 aliphatic heterocycles. The predicted octanol–water partition coefficient (Wildman–Crippen LogP) is 4.37. The van der Waals surface area contributed by atoms with Crippen LogP contribution in [0.1, 0.15) is 28.3 Å². The molecule has 0 saturated heterocycles. The van der Waals surface area contributed by atoms with Crippen LogP contribution in [-0.2, 0) is 0 Å². The zero-order valence-electron chi connectivity index (χ0n) is 11.0. The average Bonchev–Trinajstić information content (AvgIpc) is 2.35. The highest BCUT2D eigenvalue weighted by Gasteiger charge is 2.12. The Bertz CT molecular complexity index is 549. The SMILES string of the molecule is CNC(c1cccc(Br)c1)c1ccc(C)c(C)c1. The van der Waals surface area contributed by atoms with E-state index < -0.39 is 0 Å². The summed E-state index contributed by atoms with van der Waals surface area (Å²) in [5.41, 5.74) is 5.25. The van der Waals surface area contributed by atoms with Crippen LogP contribution in [-0.4, -0.2) is 7.05 Å². The van der Waals surface area contributed by atoms with E-state index in [0.717, 1.165) is 4.47 Å². The molecule has 0 radical (unpaired) electrons. The molecule has 0 aromatic heterocycles. The molecule has 0 heterocycles. The summed E-state index contributed by atoms with van der Waals surface area (Å²) in [7, 11) is 2.00. The molecule has 94 valence electrons. The van der Waals surface area contributed by atoms with E-state index in [0.29, 0.717) is 0 Å². The first-order valence-electron chi connectivity index (χ1n) is 6.11. The molecule has 1 nitrogen and oxygen atoms in total. The van der Waals surface area contributed by atoms with Gasteiger partial charge in [0.1, 0.15) is 0 Å². The predicted molar refractivity (Wildman–Crippen MR) is 81.0 cm³/mol. The molecule has 0 spiro atoms. The quantitative estimate of drug-likeness (QED) is 0.887. The van der Waals surface area contributed by atoms with E-state index in [4.69, 9.17) is 0 Å². The van der Waals surface area contributed by atoms with Crippen LogP contribution in [0.5, 0.6) is 0 Å². The number of aryl methyl sites for hydroxylation is 2. The summed E-state index contributed by atoms with van der Waals surface area (Å²) in [4.78, 5) is 0. The van der Waals surface area contributed by atoms with Crippen molar-refractivity contribution in [2.24, 2.45) is 0 Å². The lowest BCUT2D eigenvalue weighted by Crippen LogP contribution is -2.17. The van der Waals surface area contributed by atoms with E-state index in [2.05, 4.69) is 77.6 Å². The fourth-order valence-corrected chi connectivity index (χ4v) is 2.57. The standard InChI is InChI=1S/C16H18BrN/c1-11-7-8-14(9-12(11)2)16(18-3)13-5-4-6-15(17)10-13/h4-10,16,18H,1-3H3. The first-order chi connectivity index (χ1) is 8.61. The van der Waals surface area contributed by atoms with E-state index in [1.54, 1.807) is 0 Å². The van der Waals surface area contributed by atoms with E-state index in [1.807, 2.05) is 7.05 Å². The van der Waals surface area contributed by atoms with Crippen molar-refractivity contribution in [3.63, 3.8) is 0 Å². The van der Waals surface area contributed by atoms with E-state index >= 15 is 0 Å². The van der Waals surface area contributed by atoms with Crippen molar-refractivity contribution in [1.29, 1.82) is 0 Å². The summed E-state index contributed by atoms with van der Waals surface area (Å²) in [6, 6.07) is 15.3. The van der Waals surface area contributed by atoms with Gasteiger partial charge in [0.15, 0.2) is 0 Å². The van der Waals surface area contributed by atoms with Crippen LogP contribution in [0.3, 0.4) is 0 Å². The number of rotatable bonds is 3. The van der Waals surface area contributed by atoms with Gasteiger partial charge in [-0.2, -0.15) is 0 Å². The molecule has 2 aromatic carbocycles. The molecule has 1 N–H and O–H groups in total. The molecular formula is C16H18BrN. The second-order valence-corrected chi connectivity index (χ2v) is 5.54. The maximum absolute atomic E-state index is 3.53. The topological polar surface area (TPSA) is 12.0 Å². The second-order valence-electron chi connectivity index (χ2n) is 4.62. The highest BCUT2D eigenvalue weighted by Crippen LogP contribution is 2.25. The van der Waals surface area contributed by atoms with Crippen molar-refractivity contribution >= 4 is 15.9 Å². The van der Waals surface area contributed by atoms with E-state index in [1.165, 1.54) is 22.3 Å². The molecule has 1 atom stereocenters. The normalized spacial score (nSPS) is 12.4. The zero-order valence-corrected chi connectivity index (χ0v) is 12.6. The van der Waals surface area contributed by atoms with Gasteiger partial charge in [-0.05, 0) is 55.3 Å². The molecule has 0 aliphatic rings. The van der Waals surface area contributed by atoms with Crippen molar-refractivity contribution in [2.45, 2.75) is 19.9 Å². The van der Waals surface area contributed by atoms with Gasteiger partial charge in [0, 0.05) is 4.47 Å². The Morgan fingerprint density at radius 1 is 0.944 bits per heavy atom. The average molecular weight is 304 g/mol. The molecule has 2 aromatic rings. The monoisotopic (exact) mass is 303 g/mol. The molecule has 0 saturated carbocycles. The van der Waals surface area contributed by atoms with Gasteiger partial charge in [-0.25, -0.2) is 0 Å². The molecule has 18 heavy (non-hydrogen) atoms. The lowest BCUT2D eigenvalue weighted by Gasteiger charge is -2.18. The highest BCUT2D eigenvalue weighted by atomic mass is 79.9. The summed E-state index contributed by atoms with van der Waals surface area (Å²) in [6.45, 7) is 4.30. The number of nitrogens with one attached hydrogen (secondary N) is 1. The summed E-state index contributed by atoms with van der Waals surface area (Å²) in [6.07, 6.45) is 0. The van der Waals surface area contributed by atoms with Crippen LogP contribution >= 0.6 is 15.9 Å². The van der Waals surface area contributed by atoms with Gasteiger partial charge in [0.2, 0.25) is 0 Å². The van der Waals surface area contributed by atoms with E-state index in [-0.39, 0.29) is 6.04 Å². The minimum absolute atomic E-state index is 0.238. The minimum atomic E-state index is 0.238. The van der Waals surface area contributed by atoms with Gasteiger partial charge in [-0.15, -0.1) is 0 Å². The molecule has 0 amide bonds. The number of hydrogen-bond donors (Lipinski definition) is 1. The minimum Gasteiger partial charge on any atom is -0.309 e. The van der Waals surface area contributed by atoms with Crippen molar-refractivity contribution in [3.8, 4) is 0 Å². The first-order valence-corrected chi connectivity index (χ1v) is 6.91. The molecule has 1 unspecified atom stereocenters. The Morgan fingerprint density at radius 2 is 1.67 bits per heavy atom. The number of hydrogen-bond acceptors (Lipinski definition) is 1. The molecule has 2 heteroatoms. The van der Waals surface area contributed by atoms with Gasteiger partial charge in [0.05, 0.1) is 6.04 Å². The Kier molecular flexibility index (Phi) is 4.20. The van der Waals surface area contributed by atoms with Gasteiger partial charge in [-0.1, -0.05) is 46.3 Å². The Hall–Kier alpha value is -1.12. The molecule has 2 rings (SSSR count). The van der Waals surface area contributed by atoms with Crippen molar-refractivity contribution in [3.05, 3.63) is 69.2 Å².